The summed E-state index contributed by atoms with van der Waals surface area (Å²) in [4.78, 5) is 43.8. The largest absolute Gasteiger partial charge is 0.443 e. The Balaban J connectivity index is 1.35. The number of carbonyl (C=O) groups excluding carboxylic acids is 3. The number of imide groups is 1. The highest BCUT2D eigenvalue weighted by atomic mass is 16.7. The third-order valence-corrected chi connectivity index (χ3v) is 4.71. The Labute approximate surface area is 161 Å². The van der Waals surface area contributed by atoms with Gasteiger partial charge >= 0.3 is 6.09 Å². The number of nitrogens with zero attached hydrogens (tertiary/aromatic N) is 1. The van der Waals surface area contributed by atoms with Crippen LogP contribution in [-0.4, -0.2) is 35.0 Å². The Hall–Kier alpha value is -3.45. The molecule has 1 aliphatic heterocycles. The summed E-state index contributed by atoms with van der Waals surface area (Å²) >= 11 is 0. The van der Waals surface area contributed by atoms with Crippen LogP contribution < -0.4 is 5.48 Å². The van der Waals surface area contributed by atoms with Gasteiger partial charge in [0.2, 0.25) is 0 Å². The van der Waals surface area contributed by atoms with Crippen molar-refractivity contribution in [3.63, 3.8) is 0 Å². The number of rotatable bonds is 5. The lowest BCUT2D eigenvalue weighted by Crippen LogP contribution is -2.47. The minimum Gasteiger partial charge on any atom is -0.443 e. The number of hydrogen-bond acceptors (Lipinski definition) is 5. The molecule has 2 aromatic rings. The van der Waals surface area contributed by atoms with Gasteiger partial charge in [0, 0.05) is 0 Å². The summed E-state index contributed by atoms with van der Waals surface area (Å²) in [5.41, 5.74) is 3.85. The molecule has 0 saturated heterocycles. The summed E-state index contributed by atoms with van der Waals surface area (Å²) in [6.07, 6.45) is 2.69. The van der Waals surface area contributed by atoms with E-state index in [1.54, 1.807) is 30.3 Å². The van der Waals surface area contributed by atoms with Crippen molar-refractivity contribution in [1.29, 1.82) is 0 Å². The maximum atomic E-state index is 12.6. The van der Waals surface area contributed by atoms with Gasteiger partial charge in [-0.3, -0.25) is 19.3 Å². The first-order valence-electron chi connectivity index (χ1n) is 8.91. The van der Waals surface area contributed by atoms with Gasteiger partial charge in [0.25, 0.3) is 11.8 Å². The average Bonchev–Trinajstić information content (AvgIpc) is 3.28. The maximum absolute atomic E-state index is 12.6. The summed E-state index contributed by atoms with van der Waals surface area (Å²) in [6.45, 7) is 0.112. The molecule has 2 aromatic carbocycles. The summed E-state index contributed by atoms with van der Waals surface area (Å²) in [5, 5.41) is 0. The lowest BCUT2D eigenvalue weighted by Gasteiger charge is -2.26. The molecular weight excluding hydrogens is 360 g/mol. The number of hydrogen-bond donors (Lipinski definition) is 1. The highest BCUT2D eigenvalue weighted by molar-refractivity contribution is 6.21. The lowest BCUT2D eigenvalue weighted by molar-refractivity contribution is -0.0410. The first kappa shape index (κ1) is 17.9. The molecule has 0 fully saturated rings. The SMILES string of the molecule is O=C(NO[C@@H]1CC=C[C@@H]1N1C(=O)c2ccccc2C1=O)OCc1ccccc1. The normalized spacial score (nSPS) is 20.4. The van der Waals surface area contributed by atoms with Crippen LogP contribution in [-0.2, 0) is 16.2 Å². The summed E-state index contributed by atoms with van der Waals surface area (Å²) < 4.78 is 5.10. The molecular formula is C21H18N2O5. The van der Waals surface area contributed by atoms with Crippen molar-refractivity contribution in [3.05, 3.63) is 83.4 Å². The molecule has 142 valence electrons. The number of carbonyl (C=O) groups is 3. The Kier molecular flexibility index (Phi) is 4.90. The van der Waals surface area contributed by atoms with Gasteiger partial charge in [0.15, 0.2) is 0 Å². The molecule has 28 heavy (non-hydrogen) atoms. The van der Waals surface area contributed by atoms with E-state index in [0.717, 1.165) is 5.56 Å². The Bertz CT molecular complexity index is 906. The molecule has 0 radical (unpaired) electrons. The van der Waals surface area contributed by atoms with Crippen molar-refractivity contribution >= 4 is 17.9 Å². The monoisotopic (exact) mass is 378 g/mol. The summed E-state index contributed by atoms with van der Waals surface area (Å²) in [5.74, 6) is -0.727. The molecule has 0 unspecified atom stereocenters. The van der Waals surface area contributed by atoms with Crippen LogP contribution in [0.4, 0.5) is 4.79 Å². The molecule has 3 amide bonds. The fourth-order valence-corrected chi connectivity index (χ4v) is 3.34. The summed E-state index contributed by atoms with van der Waals surface area (Å²) in [7, 11) is 0. The Morgan fingerprint density at radius 3 is 2.32 bits per heavy atom. The molecule has 0 spiro atoms. The van der Waals surface area contributed by atoms with Gasteiger partial charge in [0.1, 0.15) is 12.7 Å². The number of ether oxygens (including phenoxy) is 1. The minimum atomic E-state index is -0.739. The van der Waals surface area contributed by atoms with Gasteiger partial charge in [-0.1, -0.05) is 54.6 Å². The van der Waals surface area contributed by atoms with Crippen molar-refractivity contribution in [2.75, 3.05) is 0 Å². The molecule has 1 aliphatic carbocycles. The maximum Gasteiger partial charge on any atom is 0.431 e. The third kappa shape index (κ3) is 3.39. The highest BCUT2D eigenvalue weighted by Crippen LogP contribution is 2.29. The van der Waals surface area contributed by atoms with E-state index in [1.165, 1.54) is 4.90 Å². The van der Waals surface area contributed by atoms with Gasteiger partial charge in [-0.25, -0.2) is 4.79 Å². The first-order valence-corrected chi connectivity index (χ1v) is 8.91. The van der Waals surface area contributed by atoms with Crippen LogP contribution >= 0.6 is 0 Å². The zero-order valence-electron chi connectivity index (χ0n) is 14.9. The van der Waals surface area contributed by atoms with E-state index >= 15 is 0 Å². The molecule has 1 N–H and O–H groups in total. The van der Waals surface area contributed by atoms with Crippen LogP contribution in [0.25, 0.3) is 0 Å². The average molecular weight is 378 g/mol. The first-order chi connectivity index (χ1) is 13.6. The second kappa shape index (κ2) is 7.66. The van der Waals surface area contributed by atoms with Gasteiger partial charge in [-0.2, -0.15) is 5.48 Å². The van der Waals surface area contributed by atoms with Crippen LogP contribution in [0.5, 0.6) is 0 Å². The van der Waals surface area contributed by atoms with Crippen LogP contribution in [0.3, 0.4) is 0 Å². The van der Waals surface area contributed by atoms with Crippen molar-refractivity contribution in [2.45, 2.75) is 25.2 Å². The zero-order chi connectivity index (χ0) is 19.5. The van der Waals surface area contributed by atoms with E-state index in [0.29, 0.717) is 17.5 Å². The van der Waals surface area contributed by atoms with Gasteiger partial charge in [-0.15, -0.1) is 0 Å². The topological polar surface area (TPSA) is 84.9 Å². The number of nitrogens with one attached hydrogen (secondary N) is 1. The highest BCUT2D eigenvalue weighted by Gasteiger charge is 2.43. The van der Waals surface area contributed by atoms with E-state index in [-0.39, 0.29) is 18.4 Å². The second-order valence-electron chi connectivity index (χ2n) is 6.50. The number of amides is 3. The molecule has 2 aliphatic rings. The molecule has 1 heterocycles. The predicted molar refractivity (Wildman–Crippen MR) is 99.1 cm³/mol. The Morgan fingerprint density at radius 2 is 1.64 bits per heavy atom. The standard InChI is InChI=1S/C21H18N2O5/c24-19-15-9-4-5-10-16(15)20(25)23(19)17-11-6-12-18(17)28-22-21(26)27-13-14-7-2-1-3-8-14/h1-11,17-18H,12-13H2,(H,22,26)/t17-,18+/m0/s1. The van der Waals surface area contributed by atoms with Crippen LogP contribution in [0.2, 0.25) is 0 Å². The van der Waals surface area contributed by atoms with E-state index in [9.17, 15) is 14.4 Å². The molecule has 4 rings (SSSR count). The molecule has 0 saturated carbocycles. The predicted octanol–water partition coefficient (Wildman–Crippen LogP) is 2.84. The van der Waals surface area contributed by atoms with Crippen molar-refractivity contribution in [2.24, 2.45) is 0 Å². The summed E-state index contributed by atoms with van der Waals surface area (Å²) in [6, 6.07) is 15.4. The molecule has 7 heteroatoms. The van der Waals surface area contributed by atoms with E-state index in [1.807, 2.05) is 36.4 Å². The number of fused-ring (bicyclic) bond motifs is 1. The van der Waals surface area contributed by atoms with E-state index in [2.05, 4.69) is 5.48 Å². The van der Waals surface area contributed by atoms with Crippen LogP contribution in [0, 0.1) is 0 Å². The van der Waals surface area contributed by atoms with Crippen molar-refractivity contribution < 1.29 is 24.0 Å². The van der Waals surface area contributed by atoms with Crippen LogP contribution in [0.15, 0.2) is 66.7 Å². The quantitative estimate of drug-likeness (QED) is 0.491. The third-order valence-electron chi connectivity index (χ3n) is 4.71. The Morgan fingerprint density at radius 1 is 1.00 bits per heavy atom. The van der Waals surface area contributed by atoms with E-state index in [4.69, 9.17) is 9.57 Å². The number of benzene rings is 2. The van der Waals surface area contributed by atoms with Crippen LogP contribution in [0.1, 0.15) is 32.7 Å². The lowest BCUT2D eigenvalue weighted by atomic mass is 10.1. The molecule has 7 nitrogen and oxygen atoms in total. The van der Waals surface area contributed by atoms with Gasteiger partial charge in [-0.05, 0) is 24.1 Å². The fourth-order valence-electron chi connectivity index (χ4n) is 3.34. The minimum absolute atomic E-state index is 0.112. The molecule has 2 atom stereocenters. The molecule has 0 bridgehead atoms. The van der Waals surface area contributed by atoms with Crippen molar-refractivity contribution in [3.8, 4) is 0 Å². The van der Waals surface area contributed by atoms with Gasteiger partial charge in [0.05, 0.1) is 17.2 Å². The zero-order valence-corrected chi connectivity index (χ0v) is 14.9. The fraction of sp³-hybridized carbons (Fsp3) is 0.190. The van der Waals surface area contributed by atoms with E-state index < -0.39 is 18.2 Å². The number of hydroxylamine groups is 1. The smallest absolute Gasteiger partial charge is 0.431 e. The van der Waals surface area contributed by atoms with Gasteiger partial charge < -0.3 is 4.74 Å². The second-order valence-corrected chi connectivity index (χ2v) is 6.50. The molecule has 0 aromatic heterocycles. The van der Waals surface area contributed by atoms with Crippen molar-refractivity contribution in [1.82, 2.24) is 10.4 Å².